The van der Waals surface area contributed by atoms with Gasteiger partial charge in [0.2, 0.25) is 0 Å². The number of anilines is 1. The maximum atomic E-state index is 3.67. The van der Waals surface area contributed by atoms with Crippen LogP contribution in [0.15, 0.2) is 22.7 Å². The predicted molar refractivity (Wildman–Crippen MR) is 80.9 cm³/mol. The van der Waals surface area contributed by atoms with Gasteiger partial charge in [-0.3, -0.25) is 0 Å². The first-order valence-corrected chi connectivity index (χ1v) is 8.44. The molecule has 1 aromatic rings. The zero-order valence-corrected chi connectivity index (χ0v) is 13.2. The van der Waals surface area contributed by atoms with Crippen LogP contribution < -0.4 is 4.90 Å². The van der Waals surface area contributed by atoms with Crippen LogP contribution in [0.2, 0.25) is 0 Å². The highest BCUT2D eigenvalue weighted by molar-refractivity contribution is 9.10. The largest absolute Gasteiger partial charge is 0.370 e. The van der Waals surface area contributed by atoms with Gasteiger partial charge in [-0.1, -0.05) is 22.0 Å². The Bertz CT molecular complexity index is 364. The second-order valence-electron chi connectivity index (χ2n) is 4.05. The molecule has 1 aliphatic heterocycles. The van der Waals surface area contributed by atoms with Crippen molar-refractivity contribution in [3.05, 3.63) is 28.2 Å². The van der Waals surface area contributed by atoms with Gasteiger partial charge in [0.05, 0.1) is 5.69 Å². The molecular formula is C12H15Br2NS. The van der Waals surface area contributed by atoms with E-state index in [1.807, 2.05) is 0 Å². The fraction of sp³-hybridized carbons (Fsp3) is 0.500. The van der Waals surface area contributed by atoms with Crippen molar-refractivity contribution < 1.29 is 0 Å². The summed E-state index contributed by atoms with van der Waals surface area (Å²) < 4.78 is 1.20. The molecule has 0 bridgehead atoms. The van der Waals surface area contributed by atoms with Crippen molar-refractivity contribution in [2.24, 2.45) is 0 Å². The summed E-state index contributed by atoms with van der Waals surface area (Å²) in [6.45, 7) is 0. The highest BCUT2D eigenvalue weighted by atomic mass is 79.9. The standard InChI is InChI=1S/C12H15Br2NS/c1-15(10-4-5-16-8-10)12-3-2-9(7-13)6-11(12)14/h2-3,6,10H,4-5,7-8H2,1H3. The zero-order chi connectivity index (χ0) is 11.5. The quantitative estimate of drug-likeness (QED) is 0.736. The maximum absolute atomic E-state index is 3.67. The van der Waals surface area contributed by atoms with E-state index in [4.69, 9.17) is 0 Å². The summed E-state index contributed by atoms with van der Waals surface area (Å²) in [6, 6.07) is 7.29. The molecule has 2 rings (SSSR count). The minimum atomic E-state index is 0.691. The molecular weight excluding hydrogens is 350 g/mol. The van der Waals surface area contributed by atoms with E-state index in [0.717, 1.165) is 5.33 Å². The normalized spacial score (nSPS) is 20.1. The number of alkyl halides is 1. The third-order valence-corrected chi connectivity index (χ3v) is 5.43. The number of hydrogen-bond donors (Lipinski definition) is 0. The van der Waals surface area contributed by atoms with Crippen LogP contribution in [0.4, 0.5) is 5.69 Å². The molecule has 0 radical (unpaired) electrons. The van der Waals surface area contributed by atoms with Gasteiger partial charge in [-0.25, -0.2) is 0 Å². The molecule has 0 saturated carbocycles. The molecule has 4 heteroatoms. The van der Waals surface area contributed by atoms with E-state index < -0.39 is 0 Å². The van der Waals surface area contributed by atoms with Gasteiger partial charge in [0.25, 0.3) is 0 Å². The Morgan fingerprint density at radius 3 is 2.88 bits per heavy atom. The molecule has 0 spiro atoms. The average molecular weight is 365 g/mol. The lowest BCUT2D eigenvalue weighted by Gasteiger charge is -2.27. The number of nitrogens with zero attached hydrogens (tertiary/aromatic N) is 1. The Balaban J connectivity index is 2.19. The van der Waals surface area contributed by atoms with Gasteiger partial charge in [-0.15, -0.1) is 0 Å². The summed E-state index contributed by atoms with van der Waals surface area (Å²) in [5.41, 5.74) is 2.61. The van der Waals surface area contributed by atoms with E-state index in [9.17, 15) is 0 Å². The van der Waals surface area contributed by atoms with Crippen LogP contribution in [0.1, 0.15) is 12.0 Å². The van der Waals surface area contributed by atoms with E-state index in [1.54, 1.807) is 0 Å². The summed E-state index contributed by atoms with van der Waals surface area (Å²) in [7, 11) is 2.20. The molecule has 0 aliphatic carbocycles. The van der Waals surface area contributed by atoms with Crippen LogP contribution in [0.3, 0.4) is 0 Å². The maximum Gasteiger partial charge on any atom is 0.0511 e. The first-order valence-electron chi connectivity index (χ1n) is 5.37. The molecule has 1 saturated heterocycles. The Morgan fingerprint density at radius 2 is 2.31 bits per heavy atom. The monoisotopic (exact) mass is 363 g/mol. The molecule has 0 N–H and O–H groups in total. The molecule has 1 nitrogen and oxygen atoms in total. The van der Waals surface area contributed by atoms with Crippen LogP contribution in [0.5, 0.6) is 0 Å². The minimum Gasteiger partial charge on any atom is -0.370 e. The van der Waals surface area contributed by atoms with Crippen molar-refractivity contribution >= 4 is 49.3 Å². The van der Waals surface area contributed by atoms with E-state index in [2.05, 4.69) is 73.8 Å². The van der Waals surface area contributed by atoms with Crippen LogP contribution in [-0.4, -0.2) is 24.6 Å². The van der Waals surface area contributed by atoms with Crippen LogP contribution in [0.25, 0.3) is 0 Å². The lowest BCUT2D eigenvalue weighted by Crippen LogP contribution is -2.31. The summed E-state index contributed by atoms with van der Waals surface area (Å²) in [6.07, 6.45) is 1.30. The first kappa shape index (κ1) is 12.8. The Kier molecular flexibility index (Phi) is 4.62. The molecule has 1 atom stereocenters. The third-order valence-electron chi connectivity index (χ3n) is 3.00. The molecule has 16 heavy (non-hydrogen) atoms. The molecule has 1 aliphatic rings. The van der Waals surface area contributed by atoms with Gasteiger partial charge in [-0.05, 0) is 45.8 Å². The van der Waals surface area contributed by atoms with Gasteiger partial charge < -0.3 is 4.90 Å². The predicted octanol–water partition coefficient (Wildman–Crippen LogP) is 4.29. The SMILES string of the molecule is CN(c1ccc(CBr)cc1Br)C1CCSC1. The zero-order valence-electron chi connectivity index (χ0n) is 9.25. The van der Waals surface area contributed by atoms with Gasteiger partial charge >= 0.3 is 0 Å². The topological polar surface area (TPSA) is 3.24 Å². The molecule has 1 heterocycles. The fourth-order valence-corrected chi connectivity index (χ4v) is 4.27. The lowest BCUT2D eigenvalue weighted by molar-refractivity contribution is 0.699. The highest BCUT2D eigenvalue weighted by Crippen LogP contribution is 2.32. The van der Waals surface area contributed by atoms with Gasteiger partial charge in [0, 0.05) is 28.6 Å². The molecule has 1 fully saturated rings. The second kappa shape index (κ2) is 5.78. The van der Waals surface area contributed by atoms with Crippen LogP contribution in [0, 0.1) is 0 Å². The number of hydrogen-bond acceptors (Lipinski definition) is 2. The lowest BCUT2D eigenvalue weighted by atomic mass is 10.1. The molecule has 1 aromatic carbocycles. The Labute approximate surface area is 118 Å². The summed E-state index contributed by atoms with van der Waals surface area (Å²) in [5.74, 6) is 2.55. The van der Waals surface area contributed by atoms with Gasteiger partial charge in [0.1, 0.15) is 0 Å². The van der Waals surface area contributed by atoms with Crippen molar-refractivity contribution in [1.82, 2.24) is 0 Å². The summed E-state index contributed by atoms with van der Waals surface area (Å²) in [4.78, 5) is 2.40. The van der Waals surface area contributed by atoms with Gasteiger partial charge in [0.15, 0.2) is 0 Å². The van der Waals surface area contributed by atoms with Crippen molar-refractivity contribution in [2.75, 3.05) is 23.5 Å². The number of rotatable bonds is 3. The van der Waals surface area contributed by atoms with Crippen LogP contribution >= 0.6 is 43.6 Å². The summed E-state index contributed by atoms with van der Waals surface area (Å²) in [5, 5.41) is 0.912. The first-order chi connectivity index (χ1) is 7.72. The van der Waals surface area contributed by atoms with Crippen LogP contribution in [-0.2, 0) is 5.33 Å². The molecule has 88 valence electrons. The van der Waals surface area contributed by atoms with Gasteiger partial charge in [-0.2, -0.15) is 11.8 Å². The van der Waals surface area contributed by atoms with Crippen molar-refractivity contribution in [3.63, 3.8) is 0 Å². The third kappa shape index (κ3) is 2.77. The Hall–Kier alpha value is 0.330. The second-order valence-corrected chi connectivity index (χ2v) is 6.61. The molecule has 0 aromatic heterocycles. The number of benzene rings is 1. The van der Waals surface area contributed by atoms with Crippen molar-refractivity contribution in [3.8, 4) is 0 Å². The minimum absolute atomic E-state index is 0.691. The molecule has 1 unspecified atom stereocenters. The smallest absolute Gasteiger partial charge is 0.0511 e. The van der Waals surface area contributed by atoms with E-state index in [-0.39, 0.29) is 0 Å². The summed E-state index contributed by atoms with van der Waals surface area (Å²) >= 11 is 9.20. The highest BCUT2D eigenvalue weighted by Gasteiger charge is 2.21. The Morgan fingerprint density at radius 1 is 1.50 bits per heavy atom. The molecule has 0 amide bonds. The van der Waals surface area contributed by atoms with Crippen molar-refractivity contribution in [1.29, 1.82) is 0 Å². The van der Waals surface area contributed by atoms with E-state index in [0.29, 0.717) is 6.04 Å². The average Bonchev–Trinajstić information content (AvgIpc) is 2.81. The van der Waals surface area contributed by atoms with E-state index >= 15 is 0 Å². The van der Waals surface area contributed by atoms with Crippen molar-refractivity contribution in [2.45, 2.75) is 17.8 Å². The number of halogens is 2. The van der Waals surface area contributed by atoms with E-state index in [1.165, 1.54) is 33.7 Å². The fourth-order valence-electron chi connectivity index (χ4n) is 1.94. The number of thioether (sulfide) groups is 1.